The quantitative estimate of drug-likeness (QED) is 0.847. The van der Waals surface area contributed by atoms with Crippen LogP contribution in [0.1, 0.15) is 32.7 Å². The van der Waals surface area contributed by atoms with E-state index in [0.29, 0.717) is 28.4 Å². The van der Waals surface area contributed by atoms with Gasteiger partial charge in [-0.3, -0.25) is 14.6 Å². The van der Waals surface area contributed by atoms with Gasteiger partial charge < -0.3 is 0 Å². The lowest BCUT2D eigenvalue weighted by Crippen LogP contribution is -2.27. The molecule has 4 heteroatoms. The summed E-state index contributed by atoms with van der Waals surface area (Å²) in [5.41, 5.74) is 2.22. The van der Waals surface area contributed by atoms with Crippen LogP contribution in [0, 0.1) is 0 Å². The van der Waals surface area contributed by atoms with Crippen molar-refractivity contribution in [2.45, 2.75) is 13.0 Å². The Morgan fingerprint density at radius 3 is 2.33 bits per heavy atom. The van der Waals surface area contributed by atoms with Gasteiger partial charge in [-0.2, -0.15) is 0 Å². The van der Waals surface area contributed by atoms with Gasteiger partial charge in [-0.15, -0.1) is 0 Å². The minimum atomic E-state index is -0.154. The second-order valence-corrected chi connectivity index (χ2v) is 5.30. The molecule has 0 radical (unpaired) electrons. The lowest BCUT2D eigenvalue weighted by molar-refractivity contribution is 0.0964. The third-order valence-corrected chi connectivity index (χ3v) is 3.68. The van der Waals surface area contributed by atoms with E-state index in [-0.39, 0.29) is 18.0 Å². The number of hydrogen-bond acceptors (Lipinski definition) is 3. The average molecular weight is 298 g/mol. The van der Waals surface area contributed by atoms with Gasteiger partial charge in [-0.05, 0) is 17.7 Å². The molecule has 3 rings (SSSR count). The lowest BCUT2D eigenvalue weighted by Gasteiger charge is -2.15. The molecule has 0 heterocycles. The first-order valence-electron chi connectivity index (χ1n) is 6.60. The van der Waals surface area contributed by atoms with Gasteiger partial charge in [-0.1, -0.05) is 48.0 Å². The second-order valence-electron chi connectivity index (χ2n) is 4.86. The number of ketones is 2. The summed E-state index contributed by atoms with van der Waals surface area (Å²) in [6.07, 6.45) is 0.0729. The molecule has 21 heavy (non-hydrogen) atoms. The van der Waals surface area contributed by atoms with Gasteiger partial charge in [-0.25, -0.2) is 0 Å². The highest BCUT2D eigenvalue weighted by atomic mass is 35.5. The molecular weight excluding hydrogens is 286 g/mol. The van der Waals surface area contributed by atoms with E-state index in [9.17, 15) is 9.59 Å². The summed E-state index contributed by atoms with van der Waals surface area (Å²) in [5.74, 6) is -0.209. The van der Waals surface area contributed by atoms with Crippen LogP contribution >= 0.6 is 11.6 Å². The number of halogens is 1. The topological polar surface area (TPSA) is 46.5 Å². The van der Waals surface area contributed by atoms with Gasteiger partial charge in [0, 0.05) is 16.1 Å². The van der Waals surface area contributed by atoms with Gasteiger partial charge in [0.1, 0.15) is 0 Å². The van der Waals surface area contributed by atoms with Crippen molar-refractivity contribution < 1.29 is 9.59 Å². The Morgan fingerprint density at radius 1 is 0.952 bits per heavy atom. The molecule has 0 aromatic heterocycles. The molecule has 0 amide bonds. The van der Waals surface area contributed by atoms with Crippen molar-refractivity contribution in [2.75, 3.05) is 0 Å². The maximum absolute atomic E-state index is 12.3. The molecule has 1 aliphatic carbocycles. The first-order chi connectivity index (χ1) is 10.1. The molecule has 1 aliphatic rings. The molecule has 0 spiro atoms. The Kier molecular flexibility index (Phi) is 3.67. The molecule has 3 nitrogen and oxygen atoms in total. The number of fused-ring (bicyclic) bond motifs is 1. The second kappa shape index (κ2) is 5.62. The Balaban J connectivity index is 1.87. The molecule has 0 saturated carbocycles. The number of nitrogens with zero attached hydrogens (tertiary/aromatic N) is 1. The number of rotatable bonds is 2. The number of hydrogen-bond donors (Lipinski definition) is 0. The van der Waals surface area contributed by atoms with Crippen LogP contribution in [0.4, 0.5) is 0 Å². The zero-order chi connectivity index (χ0) is 14.8. The van der Waals surface area contributed by atoms with E-state index in [0.717, 1.165) is 5.56 Å². The van der Waals surface area contributed by atoms with Crippen molar-refractivity contribution in [3.63, 3.8) is 0 Å². The summed E-state index contributed by atoms with van der Waals surface area (Å²) in [7, 11) is 0. The highest BCUT2D eigenvalue weighted by molar-refractivity contribution is 6.52. The van der Waals surface area contributed by atoms with Crippen molar-refractivity contribution in [2.24, 2.45) is 4.99 Å². The first-order valence-corrected chi connectivity index (χ1v) is 6.97. The smallest absolute Gasteiger partial charge is 0.207 e. The maximum atomic E-state index is 12.3. The molecule has 0 bridgehead atoms. The van der Waals surface area contributed by atoms with Crippen molar-refractivity contribution >= 4 is 28.9 Å². The molecule has 2 aromatic rings. The van der Waals surface area contributed by atoms with Gasteiger partial charge in [0.2, 0.25) is 5.78 Å². The summed E-state index contributed by atoms with van der Waals surface area (Å²) in [4.78, 5) is 28.7. The fourth-order valence-corrected chi connectivity index (χ4v) is 2.44. The van der Waals surface area contributed by atoms with E-state index >= 15 is 0 Å². The highest BCUT2D eigenvalue weighted by Crippen LogP contribution is 2.20. The zero-order valence-corrected chi connectivity index (χ0v) is 11.9. The summed E-state index contributed by atoms with van der Waals surface area (Å²) in [5, 5.41) is 0.657. The third kappa shape index (κ3) is 2.78. The fraction of sp³-hybridized carbons (Fsp3) is 0.118. The van der Waals surface area contributed by atoms with E-state index in [1.807, 2.05) is 12.1 Å². The predicted octanol–water partition coefficient (Wildman–Crippen LogP) is 3.75. The van der Waals surface area contributed by atoms with Crippen LogP contribution in [0.2, 0.25) is 5.02 Å². The third-order valence-electron chi connectivity index (χ3n) is 3.43. The fourth-order valence-electron chi connectivity index (χ4n) is 2.31. The summed E-state index contributed by atoms with van der Waals surface area (Å²) < 4.78 is 0. The number of aliphatic imine (C=N–C) groups is 1. The van der Waals surface area contributed by atoms with Crippen LogP contribution in [0.3, 0.4) is 0 Å². The maximum Gasteiger partial charge on any atom is 0.207 e. The van der Waals surface area contributed by atoms with E-state index in [2.05, 4.69) is 4.99 Å². The Hall–Kier alpha value is -2.26. The van der Waals surface area contributed by atoms with Crippen LogP contribution in [0.5, 0.6) is 0 Å². The first kappa shape index (κ1) is 13.7. The predicted molar refractivity (Wildman–Crippen MR) is 82.3 cm³/mol. The normalized spacial score (nSPS) is 16.1. The minimum Gasteiger partial charge on any atom is -0.294 e. The van der Waals surface area contributed by atoms with Crippen molar-refractivity contribution in [1.82, 2.24) is 0 Å². The minimum absolute atomic E-state index is 0.0555. The van der Waals surface area contributed by atoms with Crippen LogP contribution in [0.25, 0.3) is 0 Å². The average Bonchev–Trinajstić information content (AvgIpc) is 2.51. The van der Waals surface area contributed by atoms with Gasteiger partial charge in [0.05, 0.1) is 18.7 Å². The van der Waals surface area contributed by atoms with Crippen LogP contribution in [-0.4, -0.2) is 17.3 Å². The zero-order valence-electron chi connectivity index (χ0n) is 11.2. The van der Waals surface area contributed by atoms with Crippen LogP contribution in [0.15, 0.2) is 53.5 Å². The number of benzene rings is 2. The van der Waals surface area contributed by atoms with E-state index in [1.54, 1.807) is 36.4 Å². The number of Topliss-reactive ketones (excluding diaryl/α,β-unsaturated/α-hetero) is 2. The molecule has 0 fully saturated rings. The van der Waals surface area contributed by atoms with Crippen molar-refractivity contribution in [3.8, 4) is 0 Å². The molecular formula is C17H12ClNO2. The molecule has 0 saturated heterocycles. The summed E-state index contributed by atoms with van der Waals surface area (Å²) in [6, 6.07) is 14.1. The molecule has 2 aromatic carbocycles. The standard InChI is InChI=1S/C17H12ClNO2/c18-12-7-5-11(6-8-12)10-19-15-9-16(20)13-3-1-2-4-14(13)17(15)21/h1-8H,9-10H2. The van der Waals surface area contributed by atoms with Crippen molar-refractivity contribution in [3.05, 3.63) is 70.2 Å². The largest absolute Gasteiger partial charge is 0.294 e. The Morgan fingerprint density at radius 2 is 1.62 bits per heavy atom. The number of carbonyl (C=O) groups excluding carboxylic acids is 2. The van der Waals surface area contributed by atoms with Gasteiger partial charge in [0.15, 0.2) is 5.78 Å². The van der Waals surface area contributed by atoms with E-state index in [4.69, 9.17) is 11.6 Å². The molecule has 0 aliphatic heterocycles. The number of carbonyl (C=O) groups is 2. The highest BCUT2D eigenvalue weighted by Gasteiger charge is 2.28. The summed E-state index contributed by atoms with van der Waals surface area (Å²) >= 11 is 5.82. The van der Waals surface area contributed by atoms with Crippen LogP contribution in [-0.2, 0) is 6.54 Å². The Bertz CT molecular complexity index is 748. The molecule has 0 atom stereocenters. The molecule has 104 valence electrons. The monoisotopic (exact) mass is 297 g/mol. The SMILES string of the molecule is O=C1CC(=NCc2ccc(Cl)cc2)C(=O)c2ccccc21. The van der Waals surface area contributed by atoms with E-state index in [1.165, 1.54) is 0 Å². The Labute approximate surface area is 127 Å². The van der Waals surface area contributed by atoms with E-state index < -0.39 is 0 Å². The summed E-state index contributed by atoms with van der Waals surface area (Å²) in [6.45, 7) is 0.369. The molecule has 0 N–H and O–H groups in total. The van der Waals surface area contributed by atoms with Crippen LogP contribution < -0.4 is 0 Å². The van der Waals surface area contributed by atoms with Gasteiger partial charge >= 0.3 is 0 Å². The molecule has 0 unspecified atom stereocenters. The van der Waals surface area contributed by atoms with Gasteiger partial charge in [0.25, 0.3) is 0 Å². The lowest BCUT2D eigenvalue weighted by atomic mass is 9.88. The van der Waals surface area contributed by atoms with Crippen molar-refractivity contribution in [1.29, 1.82) is 0 Å².